The third-order valence-corrected chi connectivity index (χ3v) is 3.72. The van der Waals surface area contributed by atoms with E-state index < -0.39 is 0 Å². The van der Waals surface area contributed by atoms with Gasteiger partial charge in [0, 0.05) is 23.2 Å². The number of aliphatic hydroxyl groups is 1. The van der Waals surface area contributed by atoms with Gasteiger partial charge in [-0.05, 0) is 24.6 Å². The third-order valence-electron chi connectivity index (χ3n) is 2.86. The van der Waals surface area contributed by atoms with Crippen molar-refractivity contribution in [2.45, 2.75) is 13.0 Å². The number of rotatable bonds is 2. The zero-order valence-corrected chi connectivity index (χ0v) is 10.9. The van der Waals surface area contributed by atoms with E-state index in [1.807, 2.05) is 0 Å². The molecule has 0 aromatic heterocycles. The maximum absolute atomic E-state index is 9.09. The highest BCUT2D eigenvalue weighted by Gasteiger charge is 2.20. The van der Waals surface area contributed by atoms with Crippen LogP contribution in [0.3, 0.4) is 0 Å². The van der Waals surface area contributed by atoms with Gasteiger partial charge in [0.25, 0.3) is 0 Å². The van der Waals surface area contributed by atoms with Gasteiger partial charge in [-0.1, -0.05) is 22.0 Å². The molecule has 88 valence electrons. The summed E-state index contributed by atoms with van der Waals surface area (Å²) >= 11 is 3.54. The first-order valence-corrected chi connectivity index (χ1v) is 6.23. The summed E-state index contributed by atoms with van der Waals surface area (Å²) in [5, 5.41) is 9.09. The van der Waals surface area contributed by atoms with Crippen molar-refractivity contribution in [2.75, 3.05) is 31.2 Å². The van der Waals surface area contributed by atoms with E-state index in [1.165, 1.54) is 11.3 Å². The van der Waals surface area contributed by atoms with Crippen LogP contribution in [-0.2, 0) is 4.74 Å². The highest BCUT2D eigenvalue weighted by atomic mass is 79.9. The van der Waals surface area contributed by atoms with E-state index in [4.69, 9.17) is 9.84 Å². The van der Waals surface area contributed by atoms with Gasteiger partial charge < -0.3 is 14.7 Å². The molecule has 1 heterocycles. The van der Waals surface area contributed by atoms with Crippen LogP contribution in [0.4, 0.5) is 5.69 Å². The molecule has 0 radical (unpaired) electrons. The van der Waals surface area contributed by atoms with Crippen molar-refractivity contribution in [1.82, 2.24) is 0 Å². The van der Waals surface area contributed by atoms with Crippen LogP contribution in [0, 0.1) is 6.92 Å². The number of nitrogens with zero attached hydrogens (tertiary/aromatic N) is 1. The van der Waals surface area contributed by atoms with E-state index in [1.54, 1.807) is 0 Å². The number of aryl methyl sites for hydroxylation is 1. The number of anilines is 1. The van der Waals surface area contributed by atoms with Gasteiger partial charge in [0.15, 0.2) is 0 Å². The van der Waals surface area contributed by atoms with E-state index in [0.717, 1.165) is 17.6 Å². The van der Waals surface area contributed by atoms with Gasteiger partial charge in [0.1, 0.15) is 0 Å². The fraction of sp³-hybridized carbons (Fsp3) is 0.500. The van der Waals surface area contributed by atoms with Crippen LogP contribution in [0.5, 0.6) is 0 Å². The van der Waals surface area contributed by atoms with Gasteiger partial charge in [-0.25, -0.2) is 0 Å². The van der Waals surface area contributed by atoms with Crippen molar-refractivity contribution >= 4 is 21.6 Å². The average molecular weight is 286 g/mol. The first-order chi connectivity index (χ1) is 7.70. The van der Waals surface area contributed by atoms with Crippen molar-refractivity contribution in [3.8, 4) is 0 Å². The molecule has 1 aliphatic heterocycles. The van der Waals surface area contributed by atoms with E-state index >= 15 is 0 Å². The van der Waals surface area contributed by atoms with E-state index in [9.17, 15) is 0 Å². The van der Waals surface area contributed by atoms with Crippen molar-refractivity contribution in [3.05, 3.63) is 28.2 Å². The Hall–Kier alpha value is -0.580. The molecule has 0 spiro atoms. The predicted octanol–water partition coefficient (Wildman–Crippen LogP) is 1.96. The molecule has 0 bridgehead atoms. The number of halogens is 1. The zero-order valence-electron chi connectivity index (χ0n) is 9.32. The van der Waals surface area contributed by atoms with Gasteiger partial charge in [0.2, 0.25) is 0 Å². The Morgan fingerprint density at radius 3 is 3.06 bits per heavy atom. The molecule has 2 rings (SSSR count). The quantitative estimate of drug-likeness (QED) is 0.902. The minimum absolute atomic E-state index is 0.0613. The molecule has 4 heteroatoms. The van der Waals surface area contributed by atoms with Gasteiger partial charge in [-0.3, -0.25) is 0 Å². The van der Waals surface area contributed by atoms with Crippen LogP contribution in [-0.4, -0.2) is 37.5 Å². The summed E-state index contributed by atoms with van der Waals surface area (Å²) in [7, 11) is 0. The van der Waals surface area contributed by atoms with Gasteiger partial charge in [-0.15, -0.1) is 0 Å². The lowest BCUT2D eigenvalue weighted by atomic mass is 10.2. The lowest BCUT2D eigenvalue weighted by molar-refractivity contribution is 0.00356. The molecule has 0 aliphatic carbocycles. The minimum Gasteiger partial charge on any atom is -0.394 e. The Bertz CT molecular complexity index is 370. The summed E-state index contributed by atoms with van der Waals surface area (Å²) in [6.45, 7) is 4.47. The Balaban J connectivity index is 2.13. The molecule has 3 nitrogen and oxygen atoms in total. The first-order valence-electron chi connectivity index (χ1n) is 5.44. The molecule has 1 saturated heterocycles. The molecule has 1 atom stereocenters. The average Bonchev–Trinajstić information content (AvgIpc) is 2.33. The topological polar surface area (TPSA) is 32.7 Å². The van der Waals surface area contributed by atoms with Gasteiger partial charge in [-0.2, -0.15) is 0 Å². The van der Waals surface area contributed by atoms with Crippen LogP contribution >= 0.6 is 15.9 Å². The van der Waals surface area contributed by atoms with Crippen LogP contribution < -0.4 is 4.90 Å². The van der Waals surface area contributed by atoms with Gasteiger partial charge >= 0.3 is 0 Å². The number of hydrogen-bond acceptors (Lipinski definition) is 3. The molecule has 0 saturated carbocycles. The maximum atomic E-state index is 9.09. The lowest BCUT2D eigenvalue weighted by Crippen LogP contribution is -2.44. The normalized spacial score (nSPS) is 21.2. The molecule has 1 fully saturated rings. The Kier molecular flexibility index (Phi) is 3.84. The van der Waals surface area contributed by atoms with E-state index in [2.05, 4.69) is 46.0 Å². The minimum atomic E-state index is -0.0613. The molecule has 1 aliphatic rings. The number of hydrogen-bond donors (Lipinski definition) is 1. The summed E-state index contributed by atoms with van der Waals surface area (Å²) in [4.78, 5) is 2.24. The first kappa shape index (κ1) is 11.9. The second-order valence-corrected chi connectivity index (χ2v) is 4.91. The monoisotopic (exact) mass is 285 g/mol. The van der Waals surface area contributed by atoms with E-state index in [-0.39, 0.29) is 12.7 Å². The standard InChI is InChI=1S/C12H16BrNO2/c1-9-2-3-10(6-12(9)13)14-4-5-16-11(7-14)8-15/h2-3,6,11,15H,4-5,7-8H2,1H3. The van der Waals surface area contributed by atoms with Crippen molar-refractivity contribution < 1.29 is 9.84 Å². The summed E-state index contributed by atoms with van der Waals surface area (Å²) in [6.07, 6.45) is -0.0613. The van der Waals surface area contributed by atoms with Crippen molar-refractivity contribution in [3.63, 3.8) is 0 Å². The summed E-state index contributed by atoms with van der Waals surface area (Å²) in [5.74, 6) is 0. The zero-order chi connectivity index (χ0) is 11.5. The van der Waals surface area contributed by atoms with Crippen molar-refractivity contribution in [2.24, 2.45) is 0 Å². The third kappa shape index (κ3) is 2.56. The van der Waals surface area contributed by atoms with Crippen LogP contribution in [0.15, 0.2) is 22.7 Å². The molecule has 0 amide bonds. The molecule has 1 unspecified atom stereocenters. The smallest absolute Gasteiger partial charge is 0.0980 e. The fourth-order valence-corrected chi connectivity index (χ4v) is 2.21. The van der Waals surface area contributed by atoms with E-state index in [0.29, 0.717) is 6.61 Å². The molecular formula is C12H16BrNO2. The number of ether oxygens (including phenoxy) is 1. The number of morpholine rings is 1. The Labute approximate surface area is 104 Å². The van der Waals surface area contributed by atoms with Crippen LogP contribution in [0.25, 0.3) is 0 Å². The summed E-state index contributed by atoms with van der Waals surface area (Å²) in [5.41, 5.74) is 2.41. The largest absolute Gasteiger partial charge is 0.394 e. The van der Waals surface area contributed by atoms with Crippen LogP contribution in [0.2, 0.25) is 0 Å². The van der Waals surface area contributed by atoms with Gasteiger partial charge in [0.05, 0.1) is 19.3 Å². The highest BCUT2D eigenvalue weighted by Crippen LogP contribution is 2.24. The predicted molar refractivity (Wildman–Crippen MR) is 67.9 cm³/mol. The molecule has 1 aromatic rings. The fourth-order valence-electron chi connectivity index (χ4n) is 1.84. The number of benzene rings is 1. The molecule has 16 heavy (non-hydrogen) atoms. The van der Waals surface area contributed by atoms with Crippen LogP contribution in [0.1, 0.15) is 5.56 Å². The van der Waals surface area contributed by atoms with Crippen molar-refractivity contribution in [1.29, 1.82) is 0 Å². The molecular weight excluding hydrogens is 270 g/mol. The highest BCUT2D eigenvalue weighted by molar-refractivity contribution is 9.10. The second kappa shape index (κ2) is 5.17. The SMILES string of the molecule is Cc1ccc(N2CCOC(CO)C2)cc1Br. The molecule has 1 aromatic carbocycles. The summed E-state index contributed by atoms with van der Waals surface area (Å²) in [6, 6.07) is 6.33. The number of aliphatic hydroxyl groups excluding tert-OH is 1. The lowest BCUT2D eigenvalue weighted by Gasteiger charge is -2.33. The Morgan fingerprint density at radius 2 is 2.38 bits per heavy atom. The second-order valence-electron chi connectivity index (χ2n) is 4.05. The molecule has 1 N–H and O–H groups in total. The Morgan fingerprint density at radius 1 is 1.56 bits per heavy atom. The summed E-state index contributed by atoms with van der Waals surface area (Å²) < 4.78 is 6.55. The maximum Gasteiger partial charge on any atom is 0.0980 e.